The molecule has 6 aromatic rings. The summed E-state index contributed by atoms with van der Waals surface area (Å²) in [5.41, 5.74) is 11.7. The molecule has 648 valence electrons. The van der Waals surface area contributed by atoms with Gasteiger partial charge in [-0.05, 0) is 140 Å². The van der Waals surface area contributed by atoms with Crippen molar-refractivity contribution in [1.29, 1.82) is 5.26 Å². The second kappa shape index (κ2) is 31.2. The number of rotatable bonds is 7. The first-order chi connectivity index (χ1) is 56.2. The molecule has 1 N–H and O–H groups in total. The molecule has 11 aliphatic rings. The van der Waals surface area contributed by atoms with E-state index >= 15 is 0 Å². The Morgan fingerprint density at radius 3 is 1.38 bits per heavy atom. The fraction of sp³-hybridized carbons (Fsp3) is 0.685. The maximum atomic E-state index is 12.7. The van der Waals surface area contributed by atoms with Crippen LogP contribution in [0.2, 0.25) is 0 Å². The lowest BCUT2D eigenvalue weighted by molar-refractivity contribution is -0.276. The van der Waals surface area contributed by atoms with E-state index in [1.54, 1.807) is 58.4 Å². The van der Waals surface area contributed by atoms with Crippen LogP contribution in [0.3, 0.4) is 0 Å². The summed E-state index contributed by atoms with van der Waals surface area (Å²) in [5, 5.41) is 46.7. The van der Waals surface area contributed by atoms with Gasteiger partial charge < -0.3 is 42.9 Å². The van der Waals surface area contributed by atoms with Gasteiger partial charge in [0.05, 0.1) is 81.1 Å². The summed E-state index contributed by atoms with van der Waals surface area (Å²) in [4.78, 5) is 90.7. The van der Waals surface area contributed by atoms with E-state index in [1.165, 1.54) is 7.11 Å². The van der Waals surface area contributed by atoms with Crippen molar-refractivity contribution < 1.29 is 71.6 Å². The molecule has 0 aromatic carbocycles. The first kappa shape index (κ1) is 88.4. The summed E-state index contributed by atoms with van der Waals surface area (Å²) in [7, 11) is 10.4. The van der Waals surface area contributed by atoms with E-state index in [0.29, 0.717) is 111 Å². The second-order valence-electron chi connectivity index (χ2n) is 39.5. The molecule has 6 aromatic heterocycles. The fourth-order valence-corrected chi connectivity index (χ4v) is 25.8. The van der Waals surface area contributed by atoms with Crippen molar-refractivity contribution in [2.45, 2.75) is 278 Å². The number of nitriles is 1. The largest absolute Gasteiger partial charge is 0.515 e. The number of ether oxygens (including phenoxy) is 6. The summed E-state index contributed by atoms with van der Waals surface area (Å²) < 4.78 is 46.7. The molecule has 11 atom stereocenters. The van der Waals surface area contributed by atoms with Crippen LogP contribution in [0, 0.1) is 69.2 Å². The molecule has 0 bridgehead atoms. The van der Waals surface area contributed by atoms with Crippen LogP contribution < -0.4 is 0 Å². The number of carbonyl (C=O) groups excluding carboxylic acids is 7. The van der Waals surface area contributed by atoms with E-state index in [0.717, 1.165) is 157 Å². The Bertz CT molecular complexity index is 5240. The minimum absolute atomic E-state index is 0.00229. The van der Waals surface area contributed by atoms with Gasteiger partial charge in [-0.15, -0.1) is 0 Å². The van der Waals surface area contributed by atoms with Gasteiger partial charge in [0.1, 0.15) is 46.1 Å². The van der Waals surface area contributed by atoms with Crippen LogP contribution >= 0.6 is 0 Å². The number of aromatic nitrogens is 11. The first-order valence-corrected chi connectivity index (χ1v) is 43.1. The zero-order valence-electron chi connectivity index (χ0n) is 75.2. The zero-order valence-corrected chi connectivity index (χ0v) is 75.2. The van der Waals surface area contributed by atoms with E-state index in [-0.39, 0.29) is 91.1 Å². The highest BCUT2D eigenvalue weighted by Gasteiger charge is 2.66. The van der Waals surface area contributed by atoms with Gasteiger partial charge in [0.2, 0.25) is 5.78 Å². The monoisotopic (exact) mass is 1650 g/mol. The maximum Gasteiger partial charge on any atom is 0.356 e. The number of esters is 4. The Morgan fingerprint density at radius 2 is 0.925 bits per heavy atom. The lowest BCUT2D eigenvalue weighted by Gasteiger charge is -2.59. The Kier molecular flexibility index (Phi) is 23.0. The highest BCUT2D eigenvalue weighted by molar-refractivity contribution is 6.01. The summed E-state index contributed by atoms with van der Waals surface area (Å²) >= 11 is 0. The van der Waals surface area contributed by atoms with Crippen molar-refractivity contribution in [2.75, 3.05) is 40.1 Å². The van der Waals surface area contributed by atoms with Gasteiger partial charge in [-0.3, -0.25) is 37.8 Å². The lowest BCUT2D eigenvalue weighted by Crippen LogP contribution is -2.61. The van der Waals surface area contributed by atoms with E-state index in [2.05, 4.69) is 108 Å². The SMILES string of the molecule is CCOC(=O)c1c2c(nn1C)[C@@]1(C)C/C(=C/O)C(=O)C(C)(C)[C@@H]1CC2.CCOC(=O)c1c2c(nn1C)[C@@]1(C)Cc3cnoc3C(C)(C)[C@@H]1CC2.COC(=O)c1c2c(nn1C)[C@@]1(C)CCC(=O)C(C)(C)[C@@H]1CC2.Cn1nc2c(c1C#N)CC[C@H]1C(C)(C)C3(CC[C@]21C)OCCO3.[C-]#[N+]C1C[C@]2(C)c3nn(C)c(C(=O)OCC)c3CC[C@H]2C(C)(C)C1=O. The number of carbonyl (C=O) groups is 7. The Labute approximate surface area is 705 Å². The molecule has 10 aliphatic carbocycles. The van der Waals surface area contributed by atoms with Crippen LogP contribution in [0.15, 0.2) is 22.6 Å². The number of ketones is 3. The van der Waals surface area contributed by atoms with Crippen LogP contribution in [0.1, 0.15) is 311 Å². The van der Waals surface area contributed by atoms with Crippen LogP contribution in [0.25, 0.3) is 4.85 Å². The smallest absolute Gasteiger partial charge is 0.356 e. The lowest BCUT2D eigenvalue weighted by atomic mass is 9.49. The molecule has 7 heterocycles. The number of fused-ring (bicyclic) bond motifs is 16. The van der Waals surface area contributed by atoms with Gasteiger partial charge in [-0.1, -0.05) is 109 Å². The summed E-state index contributed by atoms with van der Waals surface area (Å²) in [5.74, 6) is 0.950. The minimum Gasteiger partial charge on any atom is -0.515 e. The standard InChI is InChI=1S/2C19H25N3O3.C19H26N2O4.C18H25N3O2.C17H24N2O3/c1-6-24-17(23)14-12-7-8-13-18(2,3)16-11(10-20-25-16)9-19(13,4)15(12)21-22(14)5;1-7-25-17(24)14-11-8-9-13-18(2,3)16(23)12(20-5)10-19(13,4)15(11)21-22(14)6;1-6-25-17(24)14-12-7-8-13-18(2,3)16(23)11(10-22)9-19(13,4)15(12)20-21(14)5;1-16(2)14-6-5-12-13(11-19)21(4)20-15(12)17(14,3)7-8-18(16)22-9-10-23-18;1-16(2)11-7-6-10-13(15(21)22-5)19(4)18-14(10)17(11,3)9-8-12(16)20/h10,13H,6-9H2,1-5H3;12-13H,7-10H2,1-4,6H3;10,13,22H,6-9H2,1-5H3;14H,5-10H2,1-4H3;11H,6-9H2,1-5H3/b;;11-10-;;/t13-,19-;12?,13-,19-;13-,19-;14-,17-;11-,17-/m00000/s1. The van der Waals surface area contributed by atoms with Crippen molar-refractivity contribution in [1.82, 2.24) is 54.1 Å². The molecule has 1 unspecified atom stereocenters. The van der Waals surface area contributed by atoms with Gasteiger partial charge in [0.25, 0.3) is 6.04 Å². The van der Waals surface area contributed by atoms with Crippen LogP contribution in [0.4, 0.5) is 0 Å². The molecule has 0 radical (unpaired) electrons. The third-order valence-corrected chi connectivity index (χ3v) is 31.3. The molecule has 1 spiro atoms. The number of methoxy groups -OCH3 is 1. The van der Waals surface area contributed by atoms with Crippen LogP contribution in [0.5, 0.6) is 0 Å². The minimum atomic E-state index is -0.643. The van der Waals surface area contributed by atoms with Crippen molar-refractivity contribution in [3.63, 3.8) is 0 Å². The molecule has 0 amide bonds. The predicted octanol–water partition coefficient (Wildman–Crippen LogP) is 13.6. The van der Waals surface area contributed by atoms with Gasteiger partial charge in [-0.25, -0.2) is 25.8 Å². The van der Waals surface area contributed by atoms with Gasteiger partial charge in [0, 0.05) is 148 Å². The summed E-state index contributed by atoms with van der Waals surface area (Å²) in [6.45, 7) is 47.2. The van der Waals surface area contributed by atoms with Crippen LogP contribution in [-0.2, 0) is 149 Å². The van der Waals surface area contributed by atoms with Crippen molar-refractivity contribution >= 4 is 41.2 Å². The van der Waals surface area contributed by atoms with E-state index < -0.39 is 28.1 Å². The van der Waals surface area contributed by atoms with E-state index in [4.69, 9.17) is 49.7 Å². The second-order valence-corrected chi connectivity index (χ2v) is 39.5. The predicted molar refractivity (Wildman–Crippen MR) is 443 cm³/mol. The average Bonchev–Trinajstić information content (AvgIpc) is 1.45. The third-order valence-electron chi connectivity index (χ3n) is 31.3. The number of aliphatic hydroxyl groups is 1. The number of Topliss-reactive ketones (excluding diaryl/α,β-unsaturated/α-hetero) is 3. The average molecular weight is 1650 g/mol. The van der Waals surface area contributed by atoms with Crippen molar-refractivity contribution in [3.05, 3.63) is 126 Å². The highest BCUT2D eigenvalue weighted by atomic mass is 16.7. The highest BCUT2D eigenvalue weighted by Crippen LogP contribution is 2.65. The molecule has 120 heavy (non-hydrogen) atoms. The first-order valence-electron chi connectivity index (χ1n) is 43.1. The molecular formula is C92H125N13O15. The molecular weight excluding hydrogens is 1530 g/mol. The van der Waals surface area contributed by atoms with Crippen molar-refractivity contribution in [2.24, 2.45) is 86.5 Å². The fourth-order valence-electron chi connectivity index (χ4n) is 25.8. The van der Waals surface area contributed by atoms with Crippen LogP contribution in [-0.4, -0.2) is 152 Å². The summed E-state index contributed by atoms with van der Waals surface area (Å²) in [6.07, 6.45) is 16.3. The van der Waals surface area contributed by atoms with Gasteiger partial charge >= 0.3 is 23.9 Å². The topological polar surface area (TPSA) is 338 Å². The van der Waals surface area contributed by atoms with Crippen molar-refractivity contribution in [3.8, 4) is 6.07 Å². The Hall–Kier alpha value is -9.41. The number of aryl methyl sites for hydroxylation is 5. The van der Waals surface area contributed by atoms with E-state index in [9.17, 15) is 43.9 Å². The molecule has 5 fully saturated rings. The Morgan fingerprint density at radius 1 is 0.525 bits per heavy atom. The summed E-state index contributed by atoms with van der Waals surface area (Å²) in [6, 6.07) is 1.69. The normalized spacial score (nSPS) is 29.9. The van der Waals surface area contributed by atoms with E-state index in [1.807, 2.05) is 54.9 Å². The van der Waals surface area contributed by atoms with Gasteiger partial charge in [0.15, 0.2) is 11.6 Å². The Balaban J connectivity index is 0.000000130. The molecule has 4 saturated carbocycles. The van der Waals surface area contributed by atoms with Gasteiger partial charge in [-0.2, -0.15) is 30.8 Å². The molecule has 1 saturated heterocycles. The zero-order chi connectivity index (χ0) is 87.9. The number of nitrogens with zero attached hydrogens (tertiary/aromatic N) is 13. The number of allylic oxidation sites excluding steroid dienone is 1. The number of hydrogen-bond donors (Lipinski definition) is 1. The molecule has 28 heteroatoms. The number of hydrogen-bond acceptors (Lipinski definition) is 22. The third kappa shape index (κ3) is 13.4. The quantitative estimate of drug-likeness (QED) is 0.0510. The molecule has 28 nitrogen and oxygen atoms in total. The molecule has 1 aliphatic heterocycles. The number of aliphatic hydroxyl groups excluding tert-OH is 1. The molecule has 17 rings (SSSR count). The maximum absolute atomic E-state index is 12.7.